The molecule has 0 bridgehead atoms. The first-order valence-corrected chi connectivity index (χ1v) is 36.1. The lowest BCUT2D eigenvalue weighted by atomic mass is 9.43. The van der Waals surface area contributed by atoms with Crippen LogP contribution in [-0.2, 0) is 67.1 Å². The Morgan fingerprint density at radius 1 is 0.481 bits per heavy atom. The molecule has 5 fully saturated rings. The van der Waals surface area contributed by atoms with E-state index in [1.165, 1.54) is 18.7 Å². The standard InChI is InChI=1S/C69H111N9O26/c1-41(12-15-55(83)84)48-13-14-49-64-50(30-54(82)69(48,49)5)68(4)17-16-45(28-44(68)29-53(64)81)104-67(103)78-31-46(65(101)70-18-8-6-10-51(42(2)79)76(24-20-72(33-56(85)86)34-57(87)88)25-21-73(35-58(89)90)36-59(91)92)47(32-78)66(102)71-19-9-7-11-52(43(3)80)77(26-22-74(37-60(93)94)38-61(95)96)27-23-75(39-62(97)98)40-63(99)100/h41,44-54,64,81-82H,6-40H2,1-5H3,(H,70,101)(H,71,102)(H,83,84)(H,85,86)(H,87,88)(H,89,90)(H,91,92)(H,93,94)(H,95,96)(H,97,98)(H,99,100)/t41?,44?,45-,46-,47-,48?,49?,50?,51+,52+,53?,54+,64?,68+,69-/m1/s1. The minimum atomic E-state index is -1.32. The van der Waals surface area contributed by atoms with Crippen LogP contribution in [0.5, 0.6) is 0 Å². The van der Waals surface area contributed by atoms with E-state index in [4.69, 9.17) is 4.74 Å². The molecule has 13 N–H and O–H groups in total. The van der Waals surface area contributed by atoms with Gasteiger partial charge in [0, 0.05) is 85.0 Å². The number of rotatable bonds is 49. The van der Waals surface area contributed by atoms with Crippen LogP contribution in [0.1, 0.15) is 131 Å². The van der Waals surface area contributed by atoms with Gasteiger partial charge in [0.15, 0.2) is 0 Å². The highest BCUT2D eigenvalue weighted by Crippen LogP contribution is 2.68. The van der Waals surface area contributed by atoms with Crippen LogP contribution in [0.2, 0.25) is 0 Å². The van der Waals surface area contributed by atoms with E-state index in [2.05, 4.69) is 31.4 Å². The van der Waals surface area contributed by atoms with Crippen LogP contribution in [-0.4, -0.2) is 335 Å². The molecule has 0 aromatic carbocycles. The maximum atomic E-state index is 14.5. The third-order valence-electron chi connectivity index (χ3n) is 22.7. The lowest BCUT2D eigenvalue weighted by Crippen LogP contribution is -2.62. The van der Waals surface area contributed by atoms with Crippen LogP contribution < -0.4 is 10.6 Å². The summed E-state index contributed by atoms with van der Waals surface area (Å²) < 4.78 is 6.26. The summed E-state index contributed by atoms with van der Waals surface area (Å²) in [7, 11) is 0. The number of fused-ring (bicyclic) bond motifs is 5. The molecule has 1 saturated heterocycles. The van der Waals surface area contributed by atoms with Gasteiger partial charge >= 0.3 is 59.8 Å². The highest BCUT2D eigenvalue weighted by atomic mass is 16.6. The fourth-order valence-electron chi connectivity index (χ4n) is 17.7. The van der Waals surface area contributed by atoms with Crippen LogP contribution in [0.4, 0.5) is 4.79 Å². The van der Waals surface area contributed by atoms with E-state index in [9.17, 15) is 123 Å². The Labute approximate surface area is 604 Å². The second-order valence-electron chi connectivity index (χ2n) is 29.8. The van der Waals surface area contributed by atoms with E-state index >= 15 is 0 Å². The van der Waals surface area contributed by atoms with Crippen LogP contribution in [0.25, 0.3) is 0 Å². The summed E-state index contributed by atoms with van der Waals surface area (Å²) in [5.41, 5.74) is -0.834. The number of carboxylic acids is 9. The van der Waals surface area contributed by atoms with Gasteiger partial charge in [0.1, 0.15) is 17.7 Å². The first-order valence-electron chi connectivity index (χ1n) is 36.1. The predicted octanol–water partition coefficient (Wildman–Crippen LogP) is 0.118. The molecule has 0 aromatic rings. The van der Waals surface area contributed by atoms with Gasteiger partial charge in [-0.05, 0) is 150 Å². The Kier molecular flexibility index (Phi) is 34.2. The Morgan fingerprint density at radius 2 is 0.865 bits per heavy atom. The fourth-order valence-corrected chi connectivity index (χ4v) is 17.7. The number of amides is 3. The maximum Gasteiger partial charge on any atom is 0.410 e. The summed E-state index contributed by atoms with van der Waals surface area (Å²) in [6, 6.07) is -1.84. The molecular weight excluding hydrogens is 1370 g/mol. The molecule has 4 aliphatic carbocycles. The quantitative estimate of drug-likeness (QED) is 0.0360. The number of hydrogen-bond donors (Lipinski definition) is 13. The van der Waals surface area contributed by atoms with E-state index in [0.29, 0.717) is 38.5 Å². The van der Waals surface area contributed by atoms with Crippen LogP contribution in [0, 0.1) is 58.2 Å². The Balaban J connectivity index is 1.32. The molecule has 1 aliphatic heterocycles. The van der Waals surface area contributed by atoms with Crippen LogP contribution >= 0.6 is 0 Å². The van der Waals surface area contributed by atoms with Crippen molar-refractivity contribution >= 4 is 83.2 Å². The first-order chi connectivity index (χ1) is 48.8. The van der Waals surface area contributed by atoms with E-state index in [1.807, 2.05) is 0 Å². The monoisotopic (exact) mass is 1480 g/mol. The number of nitrogens with one attached hydrogen (secondary N) is 2. The largest absolute Gasteiger partial charge is 0.481 e. The van der Waals surface area contributed by atoms with Gasteiger partial charge in [0.25, 0.3) is 0 Å². The number of carboxylic acid groups (broad SMARTS) is 9. The zero-order valence-electron chi connectivity index (χ0n) is 60.4. The number of carbonyl (C=O) groups is 14. The van der Waals surface area contributed by atoms with Crippen molar-refractivity contribution in [3.8, 4) is 0 Å². The molecule has 5 rings (SSSR count). The summed E-state index contributed by atoms with van der Waals surface area (Å²) in [6.45, 7) is 2.13. The molecule has 7 unspecified atom stereocenters. The van der Waals surface area contributed by atoms with Crippen LogP contribution in [0.3, 0.4) is 0 Å². The van der Waals surface area contributed by atoms with Crippen molar-refractivity contribution in [1.29, 1.82) is 0 Å². The third-order valence-corrected chi connectivity index (χ3v) is 22.7. The number of ether oxygens (including phenoxy) is 1. The molecule has 35 heteroatoms. The molecule has 104 heavy (non-hydrogen) atoms. The molecule has 35 nitrogen and oxygen atoms in total. The van der Waals surface area contributed by atoms with Crippen molar-refractivity contribution in [3.63, 3.8) is 0 Å². The van der Waals surface area contributed by atoms with Gasteiger partial charge < -0.3 is 76.4 Å². The summed E-state index contributed by atoms with van der Waals surface area (Å²) in [6.07, 6.45) is 3.02. The predicted molar refractivity (Wildman–Crippen MR) is 366 cm³/mol. The molecule has 3 amide bonds. The van der Waals surface area contributed by atoms with E-state index in [-0.39, 0.29) is 176 Å². The molecule has 0 spiro atoms. The molecule has 15 atom stereocenters. The summed E-state index contributed by atoms with van der Waals surface area (Å²) in [4.78, 5) is 184. The molecule has 0 radical (unpaired) electrons. The number of likely N-dealkylation sites (tertiary alicyclic amines) is 1. The van der Waals surface area contributed by atoms with Gasteiger partial charge in [-0.1, -0.05) is 20.8 Å². The molecule has 1 heterocycles. The van der Waals surface area contributed by atoms with Gasteiger partial charge in [0.05, 0.1) is 88.5 Å². The molecule has 0 aromatic heterocycles. The first kappa shape index (κ1) is 87.1. The number of aliphatic carboxylic acids is 9. The SMILES string of the molecule is CC(=O)[C@H](CCCCNC(=O)[C@@H]1CN(C(=O)O[C@@H]2CC[C@@]3(C)C(CC(O)C4C3C[C@H](O)[C@]3(C)C(C(C)CCC(=O)O)CCC43)C2)C[C@H]1C(=O)NCCCC[C@@H](C(C)=O)N(CCN(CC(=O)O)CC(=O)O)CCN(CC(=O)O)CC(=O)O)N(CCN(CC(=O)O)CC(=O)O)CCN(CC(=O)O)CC(=O)O. The van der Waals surface area contributed by atoms with E-state index in [0.717, 1.165) is 32.4 Å². The Bertz CT molecular complexity index is 2740. The number of aliphatic hydroxyl groups is 2. The molecule has 4 saturated carbocycles. The summed E-state index contributed by atoms with van der Waals surface area (Å²) >= 11 is 0. The average Bonchev–Trinajstić information content (AvgIpc) is 1.42. The topological polar surface area (TPSA) is 517 Å². The Hall–Kier alpha value is -7.54. The van der Waals surface area contributed by atoms with Crippen molar-refractivity contribution < 1.29 is 128 Å². The van der Waals surface area contributed by atoms with E-state index < -0.39 is 172 Å². The normalized spacial score (nSPS) is 25.9. The number of Topliss-reactive ketones (excluding diaryl/α,β-unsaturated/α-hetero) is 2. The minimum Gasteiger partial charge on any atom is -0.481 e. The Morgan fingerprint density at radius 3 is 1.22 bits per heavy atom. The van der Waals surface area contributed by atoms with Gasteiger partial charge in [-0.15, -0.1) is 0 Å². The van der Waals surface area contributed by atoms with Crippen LogP contribution in [0.15, 0.2) is 0 Å². The number of ketones is 2. The molecular formula is C69H111N9O26. The second-order valence-corrected chi connectivity index (χ2v) is 29.8. The smallest absolute Gasteiger partial charge is 0.410 e. The molecule has 588 valence electrons. The molecule has 5 aliphatic rings. The highest BCUT2D eigenvalue weighted by molar-refractivity contribution is 5.90. The number of aliphatic hydroxyl groups excluding tert-OH is 2. The average molecular weight is 1480 g/mol. The van der Waals surface area contributed by atoms with Crippen molar-refractivity contribution in [2.45, 2.75) is 161 Å². The summed E-state index contributed by atoms with van der Waals surface area (Å²) in [5, 5.41) is 115. The number of hydrogen-bond acceptors (Lipinski definition) is 23. The lowest BCUT2D eigenvalue weighted by molar-refractivity contribution is -0.207. The summed E-state index contributed by atoms with van der Waals surface area (Å²) in [5.74, 6) is -15.7. The lowest BCUT2D eigenvalue weighted by Gasteiger charge is -2.63. The van der Waals surface area contributed by atoms with Gasteiger partial charge in [-0.25, -0.2) is 4.79 Å². The number of unbranched alkanes of at least 4 members (excludes halogenated alkanes) is 2. The number of nitrogens with zero attached hydrogens (tertiary/aromatic N) is 7. The third kappa shape index (κ3) is 25.9. The van der Waals surface area contributed by atoms with Crippen molar-refractivity contribution in [3.05, 3.63) is 0 Å². The minimum absolute atomic E-state index is 0.00315. The zero-order chi connectivity index (χ0) is 77.5. The van der Waals surface area contributed by atoms with Gasteiger partial charge in [0.2, 0.25) is 11.8 Å². The second kappa shape index (κ2) is 40.8. The zero-order valence-corrected chi connectivity index (χ0v) is 60.4. The van der Waals surface area contributed by atoms with Crippen molar-refractivity contribution in [2.75, 3.05) is 131 Å². The van der Waals surface area contributed by atoms with Crippen molar-refractivity contribution in [2.24, 2.45) is 58.2 Å². The fraction of sp³-hybridized carbons (Fsp3) is 0.797. The van der Waals surface area contributed by atoms with Crippen molar-refractivity contribution in [1.82, 2.24) is 44.9 Å². The number of carbonyl (C=O) groups excluding carboxylic acids is 5. The van der Waals surface area contributed by atoms with Gasteiger partial charge in [-0.2, -0.15) is 0 Å². The van der Waals surface area contributed by atoms with E-state index in [1.54, 1.807) is 9.80 Å². The maximum absolute atomic E-state index is 14.5. The highest BCUT2D eigenvalue weighted by Gasteiger charge is 2.66. The van der Waals surface area contributed by atoms with Gasteiger partial charge in [-0.3, -0.25) is 91.7 Å².